The molecule has 1 nitrogen and oxygen atoms in total. The molecule has 1 atom stereocenters. The average molecular weight is 874 g/mol. The van der Waals surface area contributed by atoms with E-state index in [4.69, 9.17) is 0 Å². The van der Waals surface area contributed by atoms with E-state index in [0.29, 0.717) is 0 Å². The van der Waals surface area contributed by atoms with E-state index in [9.17, 15) is 0 Å². The first-order valence-electron chi connectivity index (χ1n) is 23.4. The lowest BCUT2D eigenvalue weighted by atomic mass is 9.74. The second-order valence-corrected chi connectivity index (χ2v) is 20.0. The van der Waals surface area contributed by atoms with Crippen molar-refractivity contribution in [3.05, 3.63) is 258 Å². The Morgan fingerprint density at radius 1 is 0.358 bits per heavy atom. The number of para-hydroxylation sites is 1. The predicted octanol–water partition coefficient (Wildman–Crippen LogP) is 18.2. The number of fused-ring (bicyclic) bond motifs is 9. The summed E-state index contributed by atoms with van der Waals surface area (Å²) in [5.41, 5.74) is 22.4. The van der Waals surface area contributed by atoms with Crippen molar-refractivity contribution in [2.45, 2.75) is 31.6 Å². The van der Waals surface area contributed by atoms with E-state index < -0.39 is 0 Å². The highest BCUT2D eigenvalue weighted by molar-refractivity contribution is 7.26. The summed E-state index contributed by atoms with van der Waals surface area (Å²) in [6.07, 6.45) is 0. The van der Waals surface area contributed by atoms with Crippen LogP contribution in [0, 0.1) is 0 Å². The molecule has 2 heteroatoms. The van der Waals surface area contributed by atoms with Gasteiger partial charge in [0.25, 0.3) is 0 Å². The third-order valence-electron chi connectivity index (χ3n) is 15.0. The summed E-state index contributed by atoms with van der Waals surface area (Å²) < 4.78 is 2.65. The second kappa shape index (κ2) is 15.1. The largest absolute Gasteiger partial charge is 0.310 e. The molecule has 0 fully saturated rings. The average Bonchev–Trinajstić information content (AvgIpc) is 3.98. The molecule has 2 aliphatic rings. The fraction of sp³-hybridized carbons (Fsp3) is 0.0769. The Bertz CT molecular complexity index is 3730. The molecule has 0 spiro atoms. The third kappa shape index (κ3) is 5.99. The van der Waals surface area contributed by atoms with Crippen LogP contribution in [0.4, 0.5) is 17.1 Å². The van der Waals surface area contributed by atoms with Gasteiger partial charge in [-0.25, -0.2) is 0 Å². The first-order valence-corrected chi connectivity index (χ1v) is 24.2. The van der Waals surface area contributed by atoms with Crippen molar-refractivity contribution >= 4 is 48.6 Å². The minimum absolute atomic E-state index is 0.162. The number of nitrogens with zero attached hydrogens (tertiary/aromatic N) is 1. The van der Waals surface area contributed by atoms with Crippen molar-refractivity contribution < 1.29 is 0 Å². The Hall–Kier alpha value is -7.78. The third-order valence-corrected chi connectivity index (χ3v) is 16.2. The lowest BCUT2D eigenvalue weighted by Crippen LogP contribution is -2.22. The van der Waals surface area contributed by atoms with E-state index in [1.54, 1.807) is 0 Å². The van der Waals surface area contributed by atoms with Crippen molar-refractivity contribution in [2.24, 2.45) is 0 Å². The predicted molar refractivity (Wildman–Crippen MR) is 285 cm³/mol. The fourth-order valence-electron chi connectivity index (χ4n) is 11.7. The molecule has 67 heavy (non-hydrogen) atoms. The van der Waals surface area contributed by atoms with Gasteiger partial charge < -0.3 is 4.90 Å². The monoisotopic (exact) mass is 873 g/mol. The molecular formula is C65H47NS. The molecule has 0 N–H and O–H groups in total. The van der Waals surface area contributed by atoms with Gasteiger partial charge in [0, 0.05) is 47.9 Å². The topological polar surface area (TPSA) is 3.24 Å². The molecule has 0 saturated heterocycles. The Morgan fingerprint density at radius 3 is 1.64 bits per heavy atom. The maximum atomic E-state index is 2.46. The van der Waals surface area contributed by atoms with Crippen molar-refractivity contribution in [1.29, 1.82) is 0 Å². The van der Waals surface area contributed by atoms with Crippen LogP contribution >= 0.6 is 11.3 Å². The van der Waals surface area contributed by atoms with Crippen LogP contribution in [0.2, 0.25) is 0 Å². The van der Waals surface area contributed by atoms with E-state index in [-0.39, 0.29) is 10.8 Å². The summed E-state index contributed by atoms with van der Waals surface area (Å²) in [7, 11) is 0. The van der Waals surface area contributed by atoms with Crippen molar-refractivity contribution in [2.75, 3.05) is 4.90 Å². The number of thiophene rings is 1. The van der Waals surface area contributed by atoms with E-state index in [2.05, 4.69) is 256 Å². The Balaban J connectivity index is 0.948. The Kier molecular flexibility index (Phi) is 8.94. The fourth-order valence-corrected chi connectivity index (χ4v) is 13.0. The summed E-state index contributed by atoms with van der Waals surface area (Å²) in [6.45, 7) is 7.16. The molecule has 318 valence electrons. The van der Waals surface area contributed by atoms with Crippen LogP contribution in [0.15, 0.2) is 231 Å². The summed E-state index contributed by atoms with van der Waals surface area (Å²) in [6, 6.07) is 85.8. The molecule has 0 bridgehead atoms. The zero-order valence-electron chi connectivity index (χ0n) is 37.8. The normalized spacial score (nSPS) is 15.3. The van der Waals surface area contributed by atoms with Gasteiger partial charge in [-0.05, 0) is 127 Å². The SMILES string of the molecule is CC1(C)c2ccccc2-c2cccc(-c3ccccc3N(c3ccc(-c4ccc5c(c4)C(C)(c4ccccc4)c4ccccc4-5)cc3)c3ccc(-c4cccc5c4sc4ccccc45)cc3)c21. The molecule has 0 saturated carbocycles. The van der Waals surface area contributed by atoms with E-state index >= 15 is 0 Å². The molecule has 0 amide bonds. The van der Waals surface area contributed by atoms with Crippen LogP contribution in [0.25, 0.3) is 75.8 Å². The van der Waals surface area contributed by atoms with Crippen molar-refractivity contribution in [1.82, 2.24) is 0 Å². The first kappa shape index (κ1) is 39.6. The van der Waals surface area contributed by atoms with Gasteiger partial charge in [0.2, 0.25) is 0 Å². The zero-order valence-corrected chi connectivity index (χ0v) is 38.6. The number of anilines is 3. The van der Waals surface area contributed by atoms with Crippen molar-refractivity contribution in [3.63, 3.8) is 0 Å². The molecule has 10 aromatic carbocycles. The van der Waals surface area contributed by atoms with Gasteiger partial charge >= 0.3 is 0 Å². The summed E-state index contributed by atoms with van der Waals surface area (Å²) >= 11 is 1.88. The van der Waals surface area contributed by atoms with Gasteiger partial charge in [-0.1, -0.05) is 202 Å². The highest BCUT2D eigenvalue weighted by atomic mass is 32.1. The maximum absolute atomic E-state index is 2.46. The Labute approximate surface area is 396 Å². The van der Waals surface area contributed by atoms with E-state index in [1.165, 1.54) is 104 Å². The highest BCUT2D eigenvalue weighted by Crippen LogP contribution is 2.55. The van der Waals surface area contributed by atoms with Gasteiger partial charge in [0.05, 0.1) is 5.69 Å². The minimum atomic E-state index is -0.258. The molecule has 1 aromatic heterocycles. The van der Waals surface area contributed by atoms with Crippen LogP contribution in [0.3, 0.4) is 0 Å². The molecule has 0 radical (unpaired) electrons. The van der Waals surface area contributed by atoms with Gasteiger partial charge in [0.1, 0.15) is 0 Å². The zero-order chi connectivity index (χ0) is 44.9. The summed E-state index contributed by atoms with van der Waals surface area (Å²) in [4.78, 5) is 2.46. The number of rotatable bonds is 7. The van der Waals surface area contributed by atoms with Crippen LogP contribution in [-0.2, 0) is 10.8 Å². The molecule has 0 aliphatic heterocycles. The van der Waals surface area contributed by atoms with Crippen molar-refractivity contribution in [3.8, 4) is 55.6 Å². The van der Waals surface area contributed by atoms with Gasteiger partial charge in [0.15, 0.2) is 0 Å². The number of hydrogen-bond donors (Lipinski definition) is 0. The van der Waals surface area contributed by atoms with Crippen LogP contribution < -0.4 is 4.90 Å². The molecule has 11 aromatic rings. The first-order chi connectivity index (χ1) is 32.9. The van der Waals surface area contributed by atoms with Gasteiger partial charge in [-0.3, -0.25) is 0 Å². The highest BCUT2D eigenvalue weighted by Gasteiger charge is 2.41. The second-order valence-electron chi connectivity index (χ2n) is 18.9. The van der Waals surface area contributed by atoms with Crippen LogP contribution in [0.5, 0.6) is 0 Å². The lowest BCUT2D eigenvalue weighted by molar-refractivity contribution is 0.662. The Morgan fingerprint density at radius 2 is 0.881 bits per heavy atom. The smallest absolute Gasteiger partial charge is 0.0540 e. The molecular weight excluding hydrogens is 827 g/mol. The van der Waals surface area contributed by atoms with Gasteiger partial charge in [-0.2, -0.15) is 0 Å². The standard InChI is InChI=1S/C65H47NS/c1-64(2)57-27-11-7-20-50(57)54-24-16-25-55(62(54)64)52-21-9-13-29-60(52)66(47-38-33-43(34-39-47)48-23-15-26-56-53-22-10-14-30-61(53)67-63(48)56)46-36-31-42(32-37-46)44-35-40-51-49-19-8-12-28-58(49)65(3,59(51)41-44)45-17-5-4-6-18-45/h4-41H,1-3H3. The molecule has 2 aliphatic carbocycles. The lowest BCUT2D eigenvalue weighted by Gasteiger charge is -2.30. The molecule has 1 unspecified atom stereocenters. The van der Waals surface area contributed by atoms with Gasteiger partial charge in [-0.15, -0.1) is 11.3 Å². The quantitative estimate of drug-likeness (QED) is 0.154. The molecule has 13 rings (SSSR count). The number of hydrogen-bond acceptors (Lipinski definition) is 2. The number of benzene rings is 10. The summed E-state index contributed by atoms with van der Waals surface area (Å²) in [5.74, 6) is 0. The maximum Gasteiger partial charge on any atom is 0.0540 e. The minimum Gasteiger partial charge on any atom is -0.310 e. The summed E-state index contributed by atoms with van der Waals surface area (Å²) in [5, 5.41) is 2.64. The van der Waals surface area contributed by atoms with Crippen LogP contribution in [-0.4, -0.2) is 0 Å². The van der Waals surface area contributed by atoms with E-state index in [0.717, 1.165) is 17.1 Å². The van der Waals surface area contributed by atoms with E-state index in [1.807, 2.05) is 11.3 Å². The molecule has 1 heterocycles. The van der Waals surface area contributed by atoms with Crippen LogP contribution in [0.1, 0.15) is 48.6 Å².